The van der Waals surface area contributed by atoms with E-state index >= 15 is 0 Å². The summed E-state index contributed by atoms with van der Waals surface area (Å²) in [6.07, 6.45) is 2.37. The van der Waals surface area contributed by atoms with Crippen molar-refractivity contribution in [1.29, 1.82) is 0 Å². The molecule has 7 heteroatoms. The van der Waals surface area contributed by atoms with Crippen LogP contribution in [0.4, 0.5) is 17.2 Å². The largest absolute Gasteiger partial charge is 0.352 e. The van der Waals surface area contributed by atoms with Gasteiger partial charge < -0.3 is 15.5 Å². The summed E-state index contributed by atoms with van der Waals surface area (Å²) in [6.45, 7) is 3.06. The van der Waals surface area contributed by atoms with E-state index in [4.69, 9.17) is 0 Å². The summed E-state index contributed by atoms with van der Waals surface area (Å²) in [5, 5.41) is 5.51. The van der Waals surface area contributed by atoms with E-state index in [1.807, 2.05) is 6.07 Å². The number of anilines is 3. The van der Waals surface area contributed by atoms with Crippen LogP contribution in [0.25, 0.3) is 0 Å². The number of benzene rings is 2. The Balaban J connectivity index is 1.46. The zero-order valence-electron chi connectivity index (χ0n) is 16.1. The first kappa shape index (κ1) is 18.6. The van der Waals surface area contributed by atoms with Crippen molar-refractivity contribution in [3.63, 3.8) is 0 Å². The summed E-state index contributed by atoms with van der Waals surface area (Å²) in [4.78, 5) is 34.4. The van der Waals surface area contributed by atoms with E-state index in [9.17, 15) is 9.59 Å². The van der Waals surface area contributed by atoms with E-state index in [1.165, 1.54) is 24.4 Å². The van der Waals surface area contributed by atoms with Crippen molar-refractivity contribution in [2.75, 3.05) is 22.1 Å². The Hall–Kier alpha value is -3.74. The predicted molar refractivity (Wildman–Crippen MR) is 112 cm³/mol. The van der Waals surface area contributed by atoms with Gasteiger partial charge in [-0.3, -0.25) is 9.59 Å². The van der Waals surface area contributed by atoms with E-state index in [0.717, 1.165) is 25.3 Å². The van der Waals surface area contributed by atoms with Gasteiger partial charge in [-0.15, -0.1) is 0 Å². The number of fused-ring (bicyclic) bond motifs is 1. The Morgan fingerprint density at radius 2 is 1.62 bits per heavy atom. The Morgan fingerprint density at radius 3 is 2.34 bits per heavy atom. The Morgan fingerprint density at radius 1 is 0.931 bits per heavy atom. The second kappa shape index (κ2) is 8.10. The zero-order valence-corrected chi connectivity index (χ0v) is 16.1. The van der Waals surface area contributed by atoms with Gasteiger partial charge in [0.15, 0.2) is 0 Å². The second-order valence-electron chi connectivity index (χ2n) is 6.91. The average Bonchev–Trinajstić information content (AvgIpc) is 2.74. The van der Waals surface area contributed by atoms with Crippen molar-refractivity contribution in [2.45, 2.75) is 19.9 Å². The standard InChI is InChI=1S/C22H21N5O2/c1-15(28)25-18-6-8-19(9-7-18)26-22(29)20-12-21(24-14-23-20)27-11-10-16-4-2-3-5-17(16)13-27/h2-9,12,14H,10-11,13H2,1H3,(H,25,28)(H,26,29). The number of nitrogens with zero attached hydrogens (tertiary/aromatic N) is 3. The van der Waals surface area contributed by atoms with Gasteiger partial charge in [0.05, 0.1) is 0 Å². The van der Waals surface area contributed by atoms with E-state index < -0.39 is 0 Å². The topological polar surface area (TPSA) is 87.2 Å². The number of rotatable bonds is 4. The highest BCUT2D eigenvalue weighted by molar-refractivity contribution is 6.03. The van der Waals surface area contributed by atoms with Crippen molar-refractivity contribution < 1.29 is 9.59 Å². The van der Waals surface area contributed by atoms with Crippen LogP contribution >= 0.6 is 0 Å². The van der Waals surface area contributed by atoms with Crippen molar-refractivity contribution in [3.05, 3.63) is 77.7 Å². The van der Waals surface area contributed by atoms with Crippen molar-refractivity contribution in [3.8, 4) is 0 Å². The van der Waals surface area contributed by atoms with Crippen LogP contribution in [0.2, 0.25) is 0 Å². The van der Waals surface area contributed by atoms with Gasteiger partial charge in [-0.05, 0) is 41.8 Å². The van der Waals surface area contributed by atoms with Crippen LogP contribution in [0, 0.1) is 0 Å². The molecule has 29 heavy (non-hydrogen) atoms. The van der Waals surface area contributed by atoms with Crippen LogP contribution in [0.1, 0.15) is 28.5 Å². The van der Waals surface area contributed by atoms with Crippen molar-refractivity contribution in [2.24, 2.45) is 0 Å². The predicted octanol–water partition coefficient (Wildman–Crippen LogP) is 3.25. The second-order valence-corrected chi connectivity index (χ2v) is 6.91. The number of aromatic nitrogens is 2. The van der Waals surface area contributed by atoms with Crippen LogP contribution in [-0.2, 0) is 17.8 Å². The first-order chi connectivity index (χ1) is 14.1. The number of amides is 2. The molecule has 0 aliphatic carbocycles. The molecular weight excluding hydrogens is 366 g/mol. The first-order valence-electron chi connectivity index (χ1n) is 9.41. The Kier molecular flexibility index (Phi) is 5.20. The lowest BCUT2D eigenvalue weighted by molar-refractivity contribution is -0.114. The van der Waals surface area contributed by atoms with Crippen molar-refractivity contribution in [1.82, 2.24) is 9.97 Å². The maximum atomic E-state index is 12.6. The summed E-state index contributed by atoms with van der Waals surface area (Å²) in [7, 11) is 0. The highest BCUT2D eigenvalue weighted by Crippen LogP contribution is 2.23. The molecule has 1 aliphatic rings. The lowest BCUT2D eigenvalue weighted by atomic mass is 10.00. The highest BCUT2D eigenvalue weighted by atomic mass is 16.2. The molecule has 1 aliphatic heterocycles. The van der Waals surface area contributed by atoms with Gasteiger partial charge in [0.1, 0.15) is 17.8 Å². The van der Waals surface area contributed by atoms with E-state index in [2.05, 4.69) is 43.7 Å². The molecule has 0 atom stereocenters. The normalized spacial score (nSPS) is 12.8. The van der Waals surface area contributed by atoms with Crippen LogP contribution in [-0.4, -0.2) is 28.3 Å². The lowest BCUT2D eigenvalue weighted by Crippen LogP contribution is -2.31. The first-order valence-corrected chi connectivity index (χ1v) is 9.41. The Bertz CT molecular complexity index is 1050. The molecule has 4 rings (SSSR count). The van der Waals surface area contributed by atoms with Gasteiger partial charge in [-0.1, -0.05) is 24.3 Å². The maximum Gasteiger partial charge on any atom is 0.274 e. The van der Waals surface area contributed by atoms with Crippen LogP contribution in [0.15, 0.2) is 60.9 Å². The molecule has 2 N–H and O–H groups in total. The highest BCUT2D eigenvalue weighted by Gasteiger charge is 2.18. The minimum absolute atomic E-state index is 0.143. The maximum absolute atomic E-state index is 12.6. The van der Waals surface area contributed by atoms with Crippen LogP contribution < -0.4 is 15.5 Å². The fourth-order valence-corrected chi connectivity index (χ4v) is 3.37. The molecule has 2 heterocycles. The molecule has 0 radical (unpaired) electrons. The quantitative estimate of drug-likeness (QED) is 0.718. The molecular formula is C22H21N5O2. The molecule has 0 saturated carbocycles. The molecule has 0 bridgehead atoms. The molecule has 3 aromatic rings. The smallest absolute Gasteiger partial charge is 0.274 e. The SMILES string of the molecule is CC(=O)Nc1ccc(NC(=O)c2cc(N3CCc4ccccc4C3)ncn2)cc1. The van der Waals surface area contributed by atoms with E-state index in [0.29, 0.717) is 17.1 Å². The fourth-order valence-electron chi connectivity index (χ4n) is 3.37. The summed E-state index contributed by atoms with van der Waals surface area (Å²) in [5.41, 5.74) is 4.24. The van der Waals surface area contributed by atoms with Crippen molar-refractivity contribution >= 4 is 29.0 Å². The molecule has 0 spiro atoms. The molecule has 2 amide bonds. The number of hydrogen-bond donors (Lipinski definition) is 2. The zero-order chi connectivity index (χ0) is 20.2. The summed E-state index contributed by atoms with van der Waals surface area (Å²) < 4.78 is 0. The monoisotopic (exact) mass is 387 g/mol. The van der Waals surface area contributed by atoms with E-state index in [1.54, 1.807) is 30.3 Å². The summed E-state index contributed by atoms with van der Waals surface area (Å²) >= 11 is 0. The molecule has 0 saturated heterocycles. The molecule has 0 unspecified atom stereocenters. The van der Waals surface area contributed by atoms with E-state index in [-0.39, 0.29) is 11.8 Å². The third-order valence-corrected chi connectivity index (χ3v) is 4.80. The molecule has 7 nitrogen and oxygen atoms in total. The van der Waals surface area contributed by atoms with Gasteiger partial charge in [0.25, 0.3) is 5.91 Å². The average molecular weight is 387 g/mol. The van der Waals surface area contributed by atoms with Gasteiger partial charge in [-0.25, -0.2) is 9.97 Å². The Labute approximate surface area is 168 Å². The minimum atomic E-state index is -0.307. The fraction of sp³-hybridized carbons (Fsp3) is 0.182. The van der Waals surface area contributed by atoms with Gasteiger partial charge >= 0.3 is 0 Å². The molecule has 1 aromatic heterocycles. The number of carbonyl (C=O) groups is 2. The molecule has 2 aromatic carbocycles. The van der Waals surface area contributed by atoms with Crippen LogP contribution in [0.3, 0.4) is 0 Å². The number of hydrogen-bond acceptors (Lipinski definition) is 5. The third kappa shape index (κ3) is 4.40. The lowest BCUT2D eigenvalue weighted by Gasteiger charge is -2.29. The number of nitrogens with one attached hydrogen (secondary N) is 2. The van der Waals surface area contributed by atoms with Gasteiger partial charge in [0.2, 0.25) is 5.91 Å². The van der Waals surface area contributed by atoms with Gasteiger partial charge in [-0.2, -0.15) is 0 Å². The van der Waals surface area contributed by atoms with Gasteiger partial charge in [0, 0.05) is 37.5 Å². The minimum Gasteiger partial charge on any atom is -0.352 e. The third-order valence-electron chi connectivity index (χ3n) is 4.80. The summed E-state index contributed by atoms with van der Waals surface area (Å²) in [5.74, 6) is 0.287. The summed E-state index contributed by atoms with van der Waals surface area (Å²) in [6, 6.07) is 17.0. The van der Waals surface area contributed by atoms with Crippen LogP contribution in [0.5, 0.6) is 0 Å². The number of carbonyl (C=O) groups excluding carboxylic acids is 2. The molecule has 0 fully saturated rings. The molecule has 146 valence electrons.